The van der Waals surface area contributed by atoms with E-state index in [0.29, 0.717) is 18.6 Å². The third-order valence-electron chi connectivity index (χ3n) is 3.62. The van der Waals surface area contributed by atoms with Crippen LogP contribution in [-0.2, 0) is 4.79 Å². The van der Waals surface area contributed by atoms with E-state index in [1.807, 2.05) is 4.90 Å². The van der Waals surface area contributed by atoms with E-state index in [1.165, 1.54) is 6.42 Å². The molecule has 100 valence electrons. The van der Waals surface area contributed by atoms with Gasteiger partial charge < -0.3 is 10.6 Å². The van der Waals surface area contributed by atoms with Crippen molar-refractivity contribution in [1.82, 2.24) is 9.80 Å². The molecular formula is C13H27N3O. The Bertz CT molecular complexity index is 243. The average molecular weight is 241 g/mol. The van der Waals surface area contributed by atoms with Gasteiger partial charge in [0.2, 0.25) is 5.91 Å². The highest BCUT2D eigenvalue weighted by Crippen LogP contribution is 2.18. The summed E-state index contributed by atoms with van der Waals surface area (Å²) in [5, 5.41) is 0. The summed E-state index contributed by atoms with van der Waals surface area (Å²) in [4.78, 5) is 16.0. The standard InChI is InChI=1S/C13H27N3O/c1-11(2)15(9-7-14)10-13-6-4-5-8-16(13)12(3)17/h11,13H,4-10,14H2,1-3H3/t13-/m0/s1. The van der Waals surface area contributed by atoms with Crippen molar-refractivity contribution in [2.45, 2.75) is 52.1 Å². The first-order valence-electron chi connectivity index (χ1n) is 6.77. The molecule has 2 N–H and O–H groups in total. The normalized spacial score (nSPS) is 21.3. The minimum absolute atomic E-state index is 0.214. The maximum absolute atomic E-state index is 11.6. The number of carbonyl (C=O) groups is 1. The number of hydrogen-bond acceptors (Lipinski definition) is 3. The summed E-state index contributed by atoms with van der Waals surface area (Å²) in [5.74, 6) is 0.214. The molecular weight excluding hydrogens is 214 g/mol. The highest BCUT2D eigenvalue weighted by molar-refractivity contribution is 5.73. The molecule has 0 radical (unpaired) electrons. The van der Waals surface area contributed by atoms with Crippen molar-refractivity contribution in [1.29, 1.82) is 0 Å². The lowest BCUT2D eigenvalue weighted by Crippen LogP contribution is -2.50. The van der Waals surface area contributed by atoms with E-state index in [4.69, 9.17) is 5.73 Å². The first-order valence-corrected chi connectivity index (χ1v) is 6.77. The van der Waals surface area contributed by atoms with Crippen LogP contribution in [0.3, 0.4) is 0 Å². The van der Waals surface area contributed by atoms with Gasteiger partial charge in [0.1, 0.15) is 0 Å². The van der Waals surface area contributed by atoms with Gasteiger partial charge in [-0.15, -0.1) is 0 Å². The number of rotatable bonds is 5. The number of nitrogens with two attached hydrogens (primary N) is 1. The molecule has 0 aromatic carbocycles. The van der Waals surface area contributed by atoms with Crippen molar-refractivity contribution in [3.8, 4) is 0 Å². The number of nitrogens with zero attached hydrogens (tertiary/aromatic N) is 2. The van der Waals surface area contributed by atoms with Crippen LogP contribution >= 0.6 is 0 Å². The van der Waals surface area contributed by atoms with Crippen LogP contribution in [0.25, 0.3) is 0 Å². The fourth-order valence-electron chi connectivity index (χ4n) is 2.60. The zero-order chi connectivity index (χ0) is 12.8. The Kier molecular flexibility index (Phi) is 5.92. The number of amides is 1. The van der Waals surface area contributed by atoms with Gasteiger partial charge in [-0.25, -0.2) is 0 Å². The molecule has 0 aliphatic carbocycles. The van der Waals surface area contributed by atoms with Crippen LogP contribution in [0.15, 0.2) is 0 Å². The molecule has 0 aromatic heterocycles. The molecule has 0 spiro atoms. The molecule has 1 saturated heterocycles. The highest BCUT2D eigenvalue weighted by atomic mass is 16.2. The van der Waals surface area contributed by atoms with Crippen LogP contribution in [0.4, 0.5) is 0 Å². The van der Waals surface area contributed by atoms with Gasteiger partial charge in [-0.2, -0.15) is 0 Å². The maximum atomic E-state index is 11.6. The lowest BCUT2D eigenvalue weighted by atomic mass is 10.0. The van der Waals surface area contributed by atoms with Crippen molar-refractivity contribution < 1.29 is 4.79 Å². The van der Waals surface area contributed by atoms with Gasteiger partial charge in [0.05, 0.1) is 0 Å². The SMILES string of the molecule is CC(=O)N1CCCC[C@H]1CN(CCN)C(C)C. The van der Waals surface area contributed by atoms with Crippen LogP contribution in [0.5, 0.6) is 0 Å². The Morgan fingerprint density at radius 2 is 2.18 bits per heavy atom. The summed E-state index contributed by atoms with van der Waals surface area (Å²) in [6, 6.07) is 0.879. The number of likely N-dealkylation sites (tertiary alicyclic amines) is 1. The van der Waals surface area contributed by atoms with Crippen molar-refractivity contribution >= 4 is 5.91 Å². The molecule has 4 nitrogen and oxygen atoms in total. The third-order valence-corrected chi connectivity index (χ3v) is 3.62. The van der Waals surface area contributed by atoms with Gasteiger partial charge in [-0.3, -0.25) is 9.69 Å². The van der Waals surface area contributed by atoms with Gasteiger partial charge in [0, 0.05) is 45.2 Å². The molecule has 1 amide bonds. The summed E-state index contributed by atoms with van der Waals surface area (Å²) in [6.07, 6.45) is 3.52. The van der Waals surface area contributed by atoms with Crippen LogP contribution < -0.4 is 5.73 Å². The number of hydrogen-bond donors (Lipinski definition) is 1. The van der Waals surface area contributed by atoms with Gasteiger partial charge in [-0.1, -0.05) is 0 Å². The smallest absolute Gasteiger partial charge is 0.219 e. The van der Waals surface area contributed by atoms with Crippen LogP contribution in [0.2, 0.25) is 0 Å². The molecule has 0 unspecified atom stereocenters. The second kappa shape index (κ2) is 6.97. The molecule has 0 bridgehead atoms. The maximum Gasteiger partial charge on any atom is 0.219 e. The second-order valence-electron chi connectivity index (χ2n) is 5.24. The minimum atomic E-state index is 0.214. The molecule has 1 rings (SSSR count). The lowest BCUT2D eigenvalue weighted by Gasteiger charge is -2.39. The first kappa shape index (κ1) is 14.5. The Morgan fingerprint density at radius 1 is 1.47 bits per heavy atom. The van der Waals surface area contributed by atoms with Crippen LogP contribution in [0.1, 0.15) is 40.0 Å². The van der Waals surface area contributed by atoms with E-state index in [0.717, 1.165) is 32.5 Å². The Balaban J connectivity index is 2.58. The minimum Gasteiger partial charge on any atom is -0.339 e. The highest BCUT2D eigenvalue weighted by Gasteiger charge is 2.26. The predicted molar refractivity (Wildman–Crippen MR) is 70.8 cm³/mol. The van der Waals surface area contributed by atoms with E-state index in [-0.39, 0.29) is 5.91 Å². The van der Waals surface area contributed by atoms with E-state index >= 15 is 0 Å². The Hall–Kier alpha value is -0.610. The Labute approximate surface area is 105 Å². The number of carbonyl (C=O) groups excluding carboxylic acids is 1. The van der Waals surface area contributed by atoms with Gasteiger partial charge in [0.25, 0.3) is 0 Å². The third kappa shape index (κ3) is 4.28. The molecule has 1 heterocycles. The zero-order valence-corrected chi connectivity index (χ0v) is 11.5. The summed E-state index contributed by atoms with van der Waals surface area (Å²) < 4.78 is 0. The monoisotopic (exact) mass is 241 g/mol. The molecule has 1 fully saturated rings. The summed E-state index contributed by atoms with van der Waals surface area (Å²) in [7, 11) is 0. The molecule has 1 aliphatic rings. The van der Waals surface area contributed by atoms with Crippen molar-refractivity contribution in [2.24, 2.45) is 5.73 Å². The van der Waals surface area contributed by atoms with E-state index < -0.39 is 0 Å². The average Bonchev–Trinajstić information content (AvgIpc) is 2.28. The van der Waals surface area contributed by atoms with Crippen molar-refractivity contribution in [3.63, 3.8) is 0 Å². The van der Waals surface area contributed by atoms with Crippen molar-refractivity contribution in [2.75, 3.05) is 26.2 Å². The fraction of sp³-hybridized carbons (Fsp3) is 0.923. The van der Waals surface area contributed by atoms with Gasteiger partial charge in [-0.05, 0) is 33.1 Å². The topological polar surface area (TPSA) is 49.6 Å². The predicted octanol–water partition coefficient (Wildman–Crippen LogP) is 1.06. The zero-order valence-electron chi connectivity index (χ0n) is 11.5. The summed E-state index contributed by atoms with van der Waals surface area (Å²) >= 11 is 0. The van der Waals surface area contributed by atoms with Gasteiger partial charge in [0.15, 0.2) is 0 Å². The van der Waals surface area contributed by atoms with E-state index in [1.54, 1.807) is 6.92 Å². The van der Waals surface area contributed by atoms with E-state index in [9.17, 15) is 4.79 Å². The van der Waals surface area contributed by atoms with Crippen LogP contribution in [0, 0.1) is 0 Å². The second-order valence-corrected chi connectivity index (χ2v) is 5.24. The van der Waals surface area contributed by atoms with E-state index in [2.05, 4.69) is 18.7 Å². The molecule has 17 heavy (non-hydrogen) atoms. The molecule has 1 aliphatic heterocycles. The lowest BCUT2D eigenvalue weighted by molar-refractivity contribution is -0.133. The molecule has 4 heteroatoms. The quantitative estimate of drug-likeness (QED) is 0.783. The fourth-order valence-corrected chi connectivity index (χ4v) is 2.60. The molecule has 0 aromatic rings. The summed E-state index contributed by atoms with van der Waals surface area (Å²) in [5.41, 5.74) is 5.64. The van der Waals surface area contributed by atoms with Gasteiger partial charge >= 0.3 is 0 Å². The summed E-state index contributed by atoms with van der Waals surface area (Å²) in [6.45, 7) is 9.56. The number of piperidine rings is 1. The van der Waals surface area contributed by atoms with Crippen molar-refractivity contribution in [3.05, 3.63) is 0 Å². The molecule has 0 saturated carbocycles. The largest absolute Gasteiger partial charge is 0.339 e. The Morgan fingerprint density at radius 3 is 2.71 bits per heavy atom. The van der Waals surface area contributed by atoms with Crippen LogP contribution in [-0.4, -0.2) is 54.0 Å². The first-order chi connectivity index (χ1) is 8.06. The molecule has 1 atom stereocenters.